The third kappa shape index (κ3) is 3.14. The Bertz CT molecular complexity index is 928. The molecule has 1 fully saturated rings. The monoisotopic (exact) mass is 353 g/mol. The molecule has 1 aliphatic heterocycles. The highest BCUT2D eigenvalue weighted by Crippen LogP contribution is 2.23. The first-order valence-corrected chi connectivity index (χ1v) is 8.75. The van der Waals surface area contributed by atoms with Crippen LogP contribution >= 0.6 is 0 Å². The summed E-state index contributed by atoms with van der Waals surface area (Å²) in [5.41, 5.74) is 1.45. The zero-order chi connectivity index (χ0) is 18.1. The summed E-state index contributed by atoms with van der Waals surface area (Å²) in [6, 6.07) is 13.8. The Morgan fingerprint density at radius 1 is 1.12 bits per heavy atom. The van der Waals surface area contributed by atoms with Gasteiger partial charge in [-0.3, -0.25) is 9.48 Å². The number of ether oxygens (including phenoxy) is 1. The van der Waals surface area contributed by atoms with Crippen LogP contribution < -0.4 is 4.74 Å². The molecule has 0 radical (unpaired) electrons. The van der Waals surface area contributed by atoms with E-state index in [1.165, 1.54) is 12.1 Å². The molecule has 5 nitrogen and oxygen atoms in total. The number of amides is 1. The Labute approximate surface area is 151 Å². The summed E-state index contributed by atoms with van der Waals surface area (Å²) in [6.07, 6.45) is 1.52. The minimum absolute atomic E-state index is 0.0324. The van der Waals surface area contributed by atoms with E-state index >= 15 is 0 Å². The Balaban J connectivity index is 1.42. The van der Waals surface area contributed by atoms with E-state index in [1.54, 1.807) is 16.8 Å². The number of likely N-dealkylation sites (tertiary alicyclic amines) is 1. The van der Waals surface area contributed by atoms with E-state index < -0.39 is 0 Å². The van der Waals surface area contributed by atoms with Crippen LogP contribution in [-0.4, -0.2) is 39.8 Å². The van der Waals surface area contributed by atoms with Crippen molar-refractivity contribution in [3.8, 4) is 5.75 Å². The van der Waals surface area contributed by atoms with Gasteiger partial charge in [0.15, 0.2) is 5.69 Å². The van der Waals surface area contributed by atoms with Crippen LogP contribution in [0.3, 0.4) is 0 Å². The first-order chi connectivity index (χ1) is 12.6. The predicted molar refractivity (Wildman–Crippen MR) is 96.7 cm³/mol. The number of fused-ring (bicyclic) bond motifs is 1. The van der Waals surface area contributed by atoms with Crippen LogP contribution in [0.25, 0.3) is 10.9 Å². The van der Waals surface area contributed by atoms with E-state index in [0.29, 0.717) is 24.5 Å². The fraction of sp³-hybridized carbons (Fsp3) is 0.300. The number of piperidine rings is 1. The molecule has 26 heavy (non-hydrogen) atoms. The zero-order valence-corrected chi connectivity index (χ0v) is 14.6. The van der Waals surface area contributed by atoms with Crippen LogP contribution in [0.4, 0.5) is 4.39 Å². The molecular formula is C20H20FN3O2. The maximum Gasteiger partial charge on any atom is 0.275 e. The number of carbonyl (C=O) groups is 1. The Kier molecular flexibility index (Phi) is 4.32. The molecule has 0 atom stereocenters. The lowest BCUT2D eigenvalue weighted by Crippen LogP contribution is -2.42. The van der Waals surface area contributed by atoms with Crippen LogP contribution in [0.1, 0.15) is 23.3 Å². The molecule has 0 aliphatic carbocycles. The number of hydrogen-bond acceptors (Lipinski definition) is 3. The lowest BCUT2D eigenvalue weighted by Gasteiger charge is -2.31. The van der Waals surface area contributed by atoms with Gasteiger partial charge in [0.1, 0.15) is 17.7 Å². The van der Waals surface area contributed by atoms with Crippen molar-refractivity contribution in [2.45, 2.75) is 18.9 Å². The van der Waals surface area contributed by atoms with Gasteiger partial charge in [-0.15, -0.1) is 0 Å². The van der Waals surface area contributed by atoms with Crippen molar-refractivity contribution in [2.24, 2.45) is 7.05 Å². The molecule has 6 heteroatoms. The molecular weight excluding hydrogens is 333 g/mol. The van der Waals surface area contributed by atoms with Crippen molar-refractivity contribution in [2.75, 3.05) is 13.1 Å². The van der Waals surface area contributed by atoms with Gasteiger partial charge in [-0.1, -0.05) is 18.2 Å². The van der Waals surface area contributed by atoms with Gasteiger partial charge < -0.3 is 9.64 Å². The second kappa shape index (κ2) is 6.78. The van der Waals surface area contributed by atoms with Crippen molar-refractivity contribution in [1.29, 1.82) is 0 Å². The Morgan fingerprint density at radius 2 is 1.81 bits per heavy atom. The van der Waals surface area contributed by atoms with Crippen molar-refractivity contribution < 1.29 is 13.9 Å². The maximum absolute atomic E-state index is 13.0. The lowest BCUT2D eigenvalue weighted by atomic mass is 10.1. The van der Waals surface area contributed by atoms with E-state index in [1.807, 2.05) is 36.2 Å². The summed E-state index contributed by atoms with van der Waals surface area (Å²) in [4.78, 5) is 14.7. The minimum atomic E-state index is -0.277. The smallest absolute Gasteiger partial charge is 0.275 e. The molecule has 1 saturated heterocycles. The van der Waals surface area contributed by atoms with Crippen LogP contribution in [0.5, 0.6) is 5.75 Å². The molecule has 2 aromatic carbocycles. The standard InChI is InChI=1S/C20H20FN3O2/c1-23-18-5-3-2-4-17(18)19(22-23)20(25)24-12-10-16(11-13-24)26-15-8-6-14(21)7-9-15/h2-9,16H,10-13H2,1H3. The number of carbonyl (C=O) groups excluding carboxylic acids is 1. The highest BCUT2D eigenvalue weighted by molar-refractivity contribution is 6.04. The van der Waals surface area contributed by atoms with Gasteiger partial charge in [-0.05, 0) is 30.3 Å². The van der Waals surface area contributed by atoms with Crippen LogP contribution in [-0.2, 0) is 7.05 Å². The number of hydrogen-bond donors (Lipinski definition) is 0. The summed E-state index contributed by atoms with van der Waals surface area (Å²) in [7, 11) is 1.85. The molecule has 1 aromatic heterocycles. The Hall–Kier alpha value is -2.89. The number of nitrogens with zero attached hydrogens (tertiary/aromatic N) is 3. The second-order valence-corrected chi connectivity index (χ2v) is 6.55. The fourth-order valence-corrected chi connectivity index (χ4v) is 3.40. The van der Waals surface area contributed by atoms with Crippen molar-refractivity contribution in [3.05, 3.63) is 60.0 Å². The Morgan fingerprint density at radius 3 is 2.54 bits per heavy atom. The first kappa shape index (κ1) is 16.6. The minimum Gasteiger partial charge on any atom is -0.490 e. The summed E-state index contributed by atoms with van der Waals surface area (Å²) in [6.45, 7) is 1.24. The van der Waals surface area contributed by atoms with E-state index in [4.69, 9.17) is 4.74 Å². The average Bonchev–Trinajstić information content (AvgIpc) is 3.01. The molecule has 0 saturated carbocycles. The van der Waals surface area contributed by atoms with Gasteiger partial charge in [0, 0.05) is 38.4 Å². The van der Waals surface area contributed by atoms with Gasteiger partial charge >= 0.3 is 0 Å². The molecule has 0 spiro atoms. The molecule has 2 heterocycles. The lowest BCUT2D eigenvalue weighted by molar-refractivity contribution is 0.0591. The fourth-order valence-electron chi connectivity index (χ4n) is 3.40. The number of aromatic nitrogens is 2. The number of aryl methyl sites for hydroxylation is 1. The highest BCUT2D eigenvalue weighted by Gasteiger charge is 2.27. The SMILES string of the molecule is Cn1nc(C(=O)N2CCC(Oc3ccc(F)cc3)CC2)c2ccccc21. The number of para-hydroxylation sites is 1. The van der Waals surface area contributed by atoms with Crippen LogP contribution in [0.2, 0.25) is 0 Å². The summed E-state index contributed by atoms with van der Waals surface area (Å²) in [5.74, 6) is 0.342. The van der Waals surface area contributed by atoms with Crippen molar-refractivity contribution >= 4 is 16.8 Å². The van der Waals surface area contributed by atoms with Crippen molar-refractivity contribution in [1.82, 2.24) is 14.7 Å². The van der Waals surface area contributed by atoms with E-state index in [-0.39, 0.29) is 17.8 Å². The molecule has 0 unspecified atom stereocenters. The van der Waals surface area contributed by atoms with Crippen LogP contribution in [0.15, 0.2) is 48.5 Å². The second-order valence-electron chi connectivity index (χ2n) is 6.55. The molecule has 1 aliphatic rings. The summed E-state index contributed by atoms with van der Waals surface area (Å²) in [5, 5.41) is 5.30. The predicted octanol–water partition coefficient (Wildman–Crippen LogP) is 3.40. The molecule has 0 N–H and O–H groups in total. The third-order valence-corrected chi connectivity index (χ3v) is 4.81. The third-order valence-electron chi connectivity index (χ3n) is 4.81. The molecule has 1 amide bonds. The molecule has 0 bridgehead atoms. The largest absolute Gasteiger partial charge is 0.490 e. The summed E-state index contributed by atoms with van der Waals surface area (Å²) >= 11 is 0. The topological polar surface area (TPSA) is 47.4 Å². The highest BCUT2D eigenvalue weighted by atomic mass is 19.1. The van der Waals surface area contributed by atoms with E-state index in [9.17, 15) is 9.18 Å². The molecule has 134 valence electrons. The zero-order valence-electron chi connectivity index (χ0n) is 14.6. The normalized spacial score (nSPS) is 15.4. The van der Waals surface area contributed by atoms with Gasteiger partial charge in [0.25, 0.3) is 5.91 Å². The molecule has 3 aromatic rings. The van der Waals surface area contributed by atoms with Gasteiger partial charge in [0.2, 0.25) is 0 Å². The maximum atomic E-state index is 13.0. The quantitative estimate of drug-likeness (QED) is 0.725. The molecule has 4 rings (SSSR count). The van der Waals surface area contributed by atoms with E-state index in [2.05, 4.69) is 5.10 Å². The number of halogens is 1. The van der Waals surface area contributed by atoms with Crippen molar-refractivity contribution in [3.63, 3.8) is 0 Å². The van der Waals surface area contributed by atoms with E-state index in [0.717, 1.165) is 23.7 Å². The van der Waals surface area contributed by atoms with Crippen LogP contribution in [0, 0.1) is 5.82 Å². The number of rotatable bonds is 3. The number of benzene rings is 2. The average molecular weight is 353 g/mol. The van der Waals surface area contributed by atoms with Gasteiger partial charge in [-0.2, -0.15) is 5.10 Å². The van der Waals surface area contributed by atoms with Gasteiger partial charge in [0.05, 0.1) is 5.52 Å². The van der Waals surface area contributed by atoms with Gasteiger partial charge in [-0.25, -0.2) is 4.39 Å². The first-order valence-electron chi connectivity index (χ1n) is 8.75. The summed E-state index contributed by atoms with van der Waals surface area (Å²) < 4.78 is 20.6.